The second kappa shape index (κ2) is 13.8. The van der Waals surface area contributed by atoms with Crippen molar-refractivity contribution in [1.82, 2.24) is 4.90 Å². The number of carbonyl (C=O) groups is 3. The van der Waals surface area contributed by atoms with Crippen LogP contribution in [0.5, 0.6) is 11.5 Å². The highest BCUT2D eigenvalue weighted by Gasteiger charge is 2.72. The van der Waals surface area contributed by atoms with Crippen LogP contribution in [-0.4, -0.2) is 94.2 Å². The molecule has 4 aliphatic rings. The number of fused-ring (bicyclic) bond motifs is 4. The fourth-order valence-electron chi connectivity index (χ4n) is 7.75. The first-order valence-corrected chi connectivity index (χ1v) is 20.6. The molecule has 2 saturated carbocycles. The number of methoxy groups -OCH3 is 1. The fourth-order valence-corrected chi connectivity index (χ4v) is 9.21. The summed E-state index contributed by atoms with van der Waals surface area (Å²) in [5.74, 6) is -2.52. The summed E-state index contributed by atoms with van der Waals surface area (Å²) in [6, 6.07) is 1.19. The van der Waals surface area contributed by atoms with Crippen molar-refractivity contribution in [3.63, 3.8) is 0 Å². The van der Waals surface area contributed by atoms with Crippen molar-refractivity contribution in [1.29, 1.82) is 0 Å². The summed E-state index contributed by atoms with van der Waals surface area (Å²) < 4.78 is 25.2. The quantitative estimate of drug-likeness (QED) is 0.118. The van der Waals surface area contributed by atoms with Crippen molar-refractivity contribution in [2.75, 3.05) is 34.4 Å². The van der Waals surface area contributed by atoms with Gasteiger partial charge in [0.2, 0.25) is 11.7 Å². The van der Waals surface area contributed by atoms with Crippen molar-refractivity contribution in [3.8, 4) is 11.5 Å². The molecule has 0 aromatic heterocycles. The molecule has 0 amide bonds. The summed E-state index contributed by atoms with van der Waals surface area (Å²) in [4.78, 5) is 51.2. The predicted molar refractivity (Wildman–Crippen MR) is 189 cm³/mol. The van der Waals surface area contributed by atoms with Gasteiger partial charge in [0.25, 0.3) is 0 Å². The van der Waals surface area contributed by atoms with Gasteiger partial charge in [-0.1, -0.05) is 52.6 Å². The first kappa shape index (κ1) is 37.0. The van der Waals surface area contributed by atoms with E-state index in [2.05, 4.69) is 25.9 Å². The molecule has 5 rings (SSSR count). The van der Waals surface area contributed by atoms with E-state index in [1.165, 1.54) is 7.11 Å². The average molecular weight is 699 g/mol. The van der Waals surface area contributed by atoms with Crippen molar-refractivity contribution in [2.45, 2.75) is 109 Å². The largest absolute Gasteiger partial charge is 0.507 e. The molecular weight excluding hydrogens is 644 g/mol. The first-order valence-electron chi connectivity index (χ1n) is 17.7. The molecule has 1 N–H and O–H groups in total. The Hall–Kier alpha value is -3.22. The van der Waals surface area contributed by atoms with Crippen LogP contribution in [0, 0.1) is 17.8 Å². The maximum atomic E-state index is 15.5. The number of aliphatic hydroxyl groups excluding tert-OH is 1. The molecule has 0 saturated heterocycles. The van der Waals surface area contributed by atoms with Crippen LogP contribution in [-0.2, 0) is 30.0 Å². The number of unbranched alkanes of at least 4 members (excludes halogenated alkanes) is 2. The number of Topliss-reactive ketones (excluding diaryl/α,β-unsaturated/α-hetero) is 2. The van der Waals surface area contributed by atoms with E-state index in [9.17, 15) is 9.90 Å². The molecule has 2 unspecified atom stereocenters. The van der Waals surface area contributed by atoms with Gasteiger partial charge in [-0.25, -0.2) is 0 Å². The molecular formula is C37H54N2O9Si. The average Bonchev–Trinajstić information content (AvgIpc) is 3.45. The van der Waals surface area contributed by atoms with E-state index < -0.39 is 55.4 Å². The van der Waals surface area contributed by atoms with Gasteiger partial charge in [-0.15, -0.1) is 0 Å². The van der Waals surface area contributed by atoms with Crippen LogP contribution < -0.4 is 9.47 Å². The topological polar surface area (TPSA) is 133 Å². The zero-order valence-corrected chi connectivity index (χ0v) is 31.8. The lowest BCUT2D eigenvalue weighted by Gasteiger charge is -2.57. The molecule has 1 aromatic carbocycles. The number of benzene rings is 1. The van der Waals surface area contributed by atoms with E-state index in [1.807, 2.05) is 45.9 Å². The Morgan fingerprint density at radius 2 is 1.78 bits per heavy atom. The van der Waals surface area contributed by atoms with E-state index in [1.54, 1.807) is 6.07 Å². The number of carbonyl (C=O) groups excluding carboxylic acids is 3. The van der Waals surface area contributed by atoms with Crippen LogP contribution in [0.4, 0.5) is 0 Å². The van der Waals surface area contributed by atoms with E-state index in [4.69, 9.17) is 23.5 Å². The summed E-state index contributed by atoms with van der Waals surface area (Å²) in [6.45, 7) is 15.0. The van der Waals surface area contributed by atoms with Crippen LogP contribution in [0.1, 0.15) is 88.2 Å². The van der Waals surface area contributed by atoms with Gasteiger partial charge in [-0.2, -0.15) is 0 Å². The van der Waals surface area contributed by atoms with Crippen LogP contribution >= 0.6 is 0 Å². The summed E-state index contributed by atoms with van der Waals surface area (Å²) in [6.07, 6.45) is 3.96. The normalized spacial score (nSPS) is 27.9. The Bertz CT molecular complexity index is 1540. The minimum Gasteiger partial charge on any atom is -0.507 e. The number of hydrogen-bond acceptors (Lipinski definition) is 11. The van der Waals surface area contributed by atoms with Gasteiger partial charge in [0.05, 0.1) is 37.5 Å². The van der Waals surface area contributed by atoms with Gasteiger partial charge in [-0.3, -0.25) is 14.4 Å². The molecule has 1 heterocycles. The van der Waals surface area contributed by atoms with Gasteiger partial charge in [0, 0.05) is 17.1 Å². The van der Waals surface area contributed by atoms with Gasteiger partial charge in [0.15, 0.2) is 32.1 Å². The zero-order valence-electron chi connectivity index (χ0n) is 30.8. The Labute approximate surface area is 291 Å². The second-order valence-electron chi connectivity index (χ2n) is 15.6. The van der Waals surface area contributed by atoms with Crippen LogP contribution in [0.15, 0.2) is 16.8 Å². The highest BCUT2D eigenvalue weighted by atomic mass is 28.4. The molecule has 0 spiro atoms. The number of ketones is 2. The monoisotopic (exact) mass is 698 g/mol. The lowest BCUT2D eigenvalue weighted by molar-refractivity contribution is -0.178. The summed E-state index contributed by atoms with van der Waals surface area (Å²) >= 11 is 0. The summed E-state index contributed by atoms with van der Waals surface area (Å²) in [5.41, 5.74) is -0.679. The van der Waals surface area contributed by atoms with Crippen molar-refractivity contribution >= 4 is 37.8 Å². The second-order valence-corrected chi connectivity index (χ2v) is 20.3. The van der Waals surface area contributed by atoms with Crippen molar-refractivity contribution in [3.05, 3.63) is 28.3 Å². The van der Waals surface area contributed by atoms with E-state index >= 15 is 9.59 Å². The molecule has 0 bridgehead atoms. The number of ether oxygens (including phenoxy) is 3. The number of aliphatic hydroxyl groups is 1. The fraction of sp³-hybridized carbons (Fsp3) is 0.676. The Morgan fingerprint density at radius 1 is 1.12 bits per heavy atom. The third-order valence-corrected chi connectivity index (χ3v) is 15.7. The van der Waals surface area contributed by atoms with Crippen molar-refractivity contribution < 1.29 is 43.0 Å². The van der Waals surface area contributed by atoms with E-state index in [0.717, 1.165) is 25.7 Å². The Morgan fingerprint density at radius 3 is 2.35 bits per heavy atom. The van der Waals surface area contributed by atoms with Gasteiger partial charge >= 0.3 is 0 Å². The molecule has 1 aliphatic heterocycles. The van der Waals surface area contributed by atoms with Gasteiger partial charge < -0.3 is 33.5 Å². The standard InChI is InChI=1S/C37H54N2O9Si/c1-11-13-15-45-31-22(20-40)19-25(44-8)23-17-21-18-24-29(39(6)7)32-28(35(38-47-32)46-16-14-12-2)34(43)37(24,48-49(9,10)36(3,4)5)33(42)26(21)30(41)27(23)31/h19-21,24,28-29,32,41H,11-18H2,1-10H3/t21-,24-,28?,29-,32?,37-/m0/s1. The highest BCUT2D eigenvalue weighted by Crippen LogP contribution is 2.57. The Kier molecular flexibility index (Phi) is 10.5. The van der Waals surface area contributed by atoms with Crippen molar-refractivity contribution in [2.24, 2.45) is 22.9 Å². The number of hydrogen-bond donors (Lipinski definition) is 1. The number of oxime groups is 1. The number of nitrogens with zero attached hydrogens (tertiary/aromatic N) is 2. The molecule has 3 aliphatic carbocycles. The van der Waals surface area contributed by atoms with Crippen LogP contribution in [0.2, 0.25) is 18.1 Å². The first-order chi connectivity index (χ1) is 23.1. The third-order valence-electron chi connectivity index (χ3n) is 11.3. The SMILES string of the molecule is CCCCOC1=NOC2C1C(=O)[C@@]1(O[Si](C)(C)C(C)(C)C)C(=O)C3=C(O)c4c(c(OC)cc(C=O)c4OCCCC)C[C@H]3C[C@H]1[C@@H]2N(C)C. The molecule has 0 radical (unpaired) electrons. The molecule has 12 heteroatoms. The zero-order chi connectivity index (χ0) is 36.1. The highest BCUT2D eigenvalue weighted by molar-refractivity contribution is 6.74. The molecule has 49 heavy (non-hydrogen) atoms. The lowest BCUT2D eigenvalue weighted by Crippen LogP contribution is -2.75. The van der Waals surface area contributed by atoms with E-state index in [-0.39, 0.29) is 39.1 Å². The minimum atomic E-state index is -2.84. The minimum absolute atomic E-state index is 0.126. The maximum Gasteiger partial charge on any atom is 0.240 e. The van der Waals surface area contributed by atoms with Crippen LogP contribution in [0.3, 0.4) is 0 Å². The summed E-state index contributed by atoms with van der Waals surface area (Å²) in [7, 11) is 2.51. The Balaban J connectivity index is 1.76. The smallest absolute Gasteiger partial charge is 0.240 e. The third kappa shape index (κ3) is 6.01. The number of rotatable bonds is 12. The molecule has 270 valence electrons. The number of aldehydes is 1. The molecule has 2 fully saturated rings. The molecule has 1 aromatic rings. The van der Waals surface area contributed by atoms with Gasteiger partial charge in [0.1, 0.15) is 23.2 Å². The van der Waals surface area contributed by atoms with Gasteiger partial charge in [-0.05, 0) is 69.9 Å². The lowest BCUT2D eigenvalue weighted by atomic mass is 9.54. The molecule has 6 atom stereocenters. The maximum absolute atomic E-state index is 15.5. The van der Waals surface area contributed by atoms with E-state index in [0.29, 0.717) is 43.7 Å². The predicted octanol–water partition coefficient (Wildman–Crippen LogP) is 6.14. The molecule has 11 nitrogen and oxygen atoms in total. The van der Waals surface area contributed by atoms with Crippen LogP contribution in [0.25, 0.3) is 5.76 Å². The number of likely N-dealkylation sites (N-methyl/N-ethyl adjacent to an activating group) is 1. The summed E-state index contributed by atoms with van der Waals surface area (Å²) in [5, 5.41) is 16.2.